The molecule has 1 amide bonds. The second-order valence-electron chi connectivity index (χ2n) is 7.86. The highest BCUT2D eigenvalue weighted by atomic mass is 19.4. The zero-order chi connectivity index (χ0) is 23.2. The number of alkyl halides is 3. The quantitative estimate of drug-likeness (QED) is 0.459. The van der Waals surface area contributed by atoms with E-state index < -0.39 is 23.4 Å². The summed E-state index contributed by atoms with van der Waals surface area (Å²) in [7, 11) is 0. The summed E-state index contributed by atoms with van der Waals surface area (Å²) in [6.45, 7) is 7.72. The van der Waals surface area contributed by atoms with Gasteiger partial charge in [0.1, 0.15) is 0 Å². The Labute approximate surface area is 184 Å². The molecule has 0 unspecified atom stereocenters. The summed E-state index contributed by atoms with van der Waals surface area (Å²) in [5.74, 6) is -0.805. The lowest BCUT2D eigenvalue weighted by molar-refractivity contribution is -0.114. The molecular weight excluding hydrogens is 415 g/mol. The number of aromatic nitrogens is 1. The van der Waals surface area contributed by atoms with Crippen molar-refractivity contribution in [3.8, 4) is 5.69 Å². The van der Waals surface area contributed by atoms with Crippen LogP contribution in [-0.2, 0) is 4.79 Å². The van der Waals surface area contributed by atoms with E-state index in [0.717, 1.165) is 33.2 Å². The number of benzene rings is 2. The Bertz CT molecular complexity index is 1250. The summed E-state index contributed by atoms with van der Waals surface area (Å²) in [4.78, 5) is 13.0. The predicted octanol–water partition coefficient (Wildman–Crippen LogP) is 6.06. The molecule has 3 aromatic rings. The van der Waals surface area contributed by atoms with Gasteiger partial charge < -0.3 is 4.57 Å². The normalized spacial score (nSPS) is 15.6. The maximum absolute atomic E-state index is 13.8. The maximum Gasteiger partial charge on any atom is 0.435 e. The fourth-order valence-corrected chi connectivity index (χ4v) is 4.09. The number of amides is 1. The Hall–Kier alpha value is -3.61. The Kier molecular flexibility index (Phi) is 5.28. The van der Waals surface area contributed by atoms with Crippen LogP contribution in [0.3, 0.4) is 0 Å². The van der Waals surface area contributed by atoms with Gasteiger partial charge in [0, 0.05) is 11.4 Å². The monoisotopic (exact) mass is 437 g/mol. The van der Waals surface area contributed by atoms with Crippen LogP contribution < -0.4 is 5.01 Å². The third-order valence-electron chi connectivity index (χ3n) is 5.58. The maximum atomic E-state index is 13.8. The van der Waals surface area contributed by atoms with Gasteiger partial charge in [-0.15, -0.1) is 0 Å². The Morgan fingerprint density at radius 1 is 0.906 bits per heavy atom. The fourth-order valence-electron chi connectivity index (χ4n) is 4.09. The third kappa shape index (κ3) is 3.64. The number of carbonyl (C=O) groups excluding carboxylic acids is 1. The number of para-hydroxylation sites is 2. The molecule has 0 spiro atoms. The van der Waals surface area contributed by atoms with Crippen LogP contribution in [0.4, 0.5) is 18.9 Å². The van der Waals surface area contributed by atoms with Gasteiger partial charge in [0.2, 0.25) is 0 Å². The highest BCUT2D eigenvalue weighted by Crippen LogP contribution is 2.34. The zero-order valence-corrected chi connectivity index (χ0v) is 18.2. The molecule has 0 bridgehead atoms. The first-order valence-corrected chi connectivity index (χ1v) is 10.1. The van der Waals surface area contributed by atoms with E-state index in [1.807, 2.05) is 50.5 Å². The molecule has 0 fully saturated rings. The van der Waals surface area contributed by atoms with Crippen molar-refractivity contribution in [1.29, 1.82) is 0 Å². The summed E-state index contributed by atoms with van der Waals surface area (Å²) in [6.07, 6.45) is -3.47. The van der Waals surface area contributed by atoms with Crippen molar-refractivity contribution in [3.63, 3.8) is 0 Å². The minimum atomic E-state index is -4.76. The first kappa shape index (κ1) is 21.6. The highest BCUT2D eigenvalue weighted by Gasteiger charge is 2.46. The van der Waals surface area contributed by atoms with Crippen LogP contribution in [-0.4, -0.2) is 22.4 Å². The molecule has 0 N–H and O–H groups in total. The van der Waals surface area contributed by atoms with Crippen molar-refractivity contribution in [1.82, 2.24) is 4.57 Å². The van der Waals surface area contributed by atoms with Crippen LogP contribution in [0.15, 0.2) is 65.3 Å². The second-order valence-corrected chi connectivity index (χ2v) is 7.86. The van der Waals surface area contributed by atoms with Crippen molar-refractivity contribution in [2.45, 2.75) is 33.9 Å². The molecule has 4 nitrogen and oxygen atoms in total. The lowest BCUT2D eigenvalue weighted by Gasteiger charge is -2.15. The van der Waals surface area contributed by atoms with E-state index in [1.54, 1.807) is 36.4 Å². The average Bonchev–Trinajstić information content (AvgIpc) is 3.20. The summed E-state index contributed by atoms with van der Waals surface area (Å²) < 4.78 is 43.3. The van der Waals surface area contributed by atoms with E-state index in [2.05, 4.69) is 5.10 Å². The molecule has 4 rings (SSSR count). The van der Waals surface area contributed by atoms with Crippen LogP contribution in [0.25, 0.3) is 11.8 Å². The van der Waals surface area contributed by atoms with Crippen LogP contribution in [0.5, 0.6) is 0 Å². The minimum Gasteiger partial charge on any atom is -0.317 e. The molecule has 7 heteroatoms. The third-order valence-corrected chi connectivity index (χ3v) is 5.58. The highest BCUT2D eigenvalue weighted by molar-refractivity contribution is 6.34. The standard InChI is InChI=1S/C25H22F3N3O/c1-15-9-8-10-16(2)22(15)30-17(3)13-19(18(30)4)14-21-23(25(26,27)28)29-31(24(21)32)20-11-6-5-7-12-20/h5-14H,1-4H3/b21-14-. The molecule has 1 aromatic heterocycles. The van der Waals surface area contributed by atoms with Gasteiger partial charge in [0.05, 0.1) is 16.9 Å². The minimum absolute atomic E-state index is 0.281. The van der Waals surface area contributed by atoms with Crippen LogP contribution in [0.2, 0.25) is 0 Å². The van der Waals surface area contributed by atoms with Crippen LogP contribution in [0, 0.1) is 27.7 Å². The topological polar surface area (TPSA) is 37.6 Å². The van der Waals surface area contributed by atoms with E-state index in [-0.39, 0.29) is 5.69 Å². The molecule has 164 valence electrons. The number of rotatable bonds is 3. The van der Waals surface area contributed by atoms with E-state index in [4.69, 9.17) is 0 Å². The summed E-state index contributed by atoms with van der Waals surface area (Å²) in [6, 6.07) is 15.8. The lowest BCUT2D eigenvalue weighted by Crippen LogP contribution is -2.25. The first-order valence-electron chi connectivity index (χ1n) is 10.1. The van der Waals surface area contributed by atoms with Gasteiger partial charge in [-0.3, -0.25) is 4.79 Å². The number of hydrogen-bond donors (Lipinski definition) is 0. The van der Waals surface area contributed by atoms with Crippen molar-refractivity contribution in [2.75, 3.05) is 5.01 Å². The lowest BCUT2D eigenvalue weighted by atomic mass is 10.1. The zero-order valence-electron chi connectivity index (χ0n) is 18.2. The van der Waals surface area contributed by atoms with E-state index in [9.17, 15) is 18.0 Å². The van der Waals surface area contributed by atoms with Crippen molar-refractivity contribution >= 4 is 23.4 Å². The number of carbonyl (C=O) groups is 1. The molecular formula is C25H22F3N3O. The molecule has 0 saturated heterocycles. The van der Waals surface area contributed by atoms with Crippen LogP contribution in [0.1, 0.15) is 28.1 Å². The second kappa shape index (κ2) is 7.82. The van der Waals surface area contributed by atoms with Gasteiger partial charge in [-0.25, -0.2) is 0 Å². The molecule has 0 atom stereocenters. The Morgan fingerprint density at radius 2 is 1.53 bits per heavy atom. The summed E-state index contributed by atoms with van der Waals surface area (Å²) in [5.41, 5.74) is 3.87. The fraction of sp³-hybridized carbons (Fsp3) is 0.200. The first-order chi connectivity index (χ1) is 15.1. The summed E-state index contributed by atoms with van der Waals surface area (Å²) >= 11 is 0. The SMILES string of the molecule is Cc1cccc(C)c1-n1c(C)cc(/C=C2\C(=O)N(c3ccccc3)N=C2C(F)(F)F)c1C. The Balaban J connectivity index is 1.85. The predicted molar refractivity (Wildman–Crippen MR) is 120 cm³/mol. The van der Waals surface area contributed by atoms with Gasteiger partial charge in [0.15, 0.2) is 5.71 Å². The van der Waals surface area contributed by atoms with Crippen molar-refractivity contribution < 1.29 is 18.0 Å². The number of halogens is 3. The van der Waals surface area contributed by atoms with E-state index in [1.165, 1.54) is 6.08 Å². The number of hydrogen-bond acceptors (Lipinski definition) is 2. The molecule has 2 heterocycles. The van der Waals surface area contributed by atoms with Crippen LogP contribution >= 0.6 is 0 Å². The van der Waals surface area contributed by atoms with Gasteiger partial charge in [-0.2, -0.15) is 23.3 Å². The molecule has 0 saturated carbocycles. The molecule has 1 aliphatic rings. The molecule has 32 heavy (non-hydrogen) atoms. The molecule has 0 aliphatic carbocycles. The van der Waals surface area contributed by atoms with Gasteiger partial charge >= 0.3 is 6.18 Å². The average molecular weight is 437 g/mol. The van der Waals surface area contributed by atoms with Gasteiger partial charge in [0.25, 0.3) is 5.91 Å². The number of hydrazone groups is 1. The van der Waals surface area contributed by atoms with Gasteiger partial charge in [-0.05, 0) is 68.7 Å². The van der Waals surface area contributed by atoms with Crippen molar-refractivity contribution in [2.24, 2.45) is 5.10 Å². The summed E-state index contributed by atoms with van der Waals surface area (Å²) in [5, 5.41) is 4.44. The smallest absolute Gasteiger partial charge is 0.317 e. The number of anilines is 1. The van der Waals surface area contributed by atoms with Gasteiger partial charge in [-0.1, -0.05) is 36.4 Å². The van der Waals surface area contributed by atoms with Crippen molar-refractivity contribution in [3.05, 3.63) is 88.2 Å². The molecule has 2 aromatic carbocycles. The Morgan fingerprint density at radius 3 is 2.12 bits per heavy atom. The van der Waals surface area contributed by atoms with E-state index in [0.29, 0.717) is 5.56 Å². The molecule has 1 aliphatic heterocycles. The number of nitrogens with zero attached hydrogens (tertiary/aromatic N) is 3. The van der Waals surface area contributed by atoms with E-state index >= 15 is 0 Å². The largest absolute Gasteiger partial charge is 0.435 e. The molecule has 0 radical (unpaired) electrons. The number of aryl methyl sites for hydroxylation is 3.